The van der Waals surface area contributed by atoms with E-state index in [-0.39, 0.29) is 33.7 Å². The number of allylic oxidation sites excluding steroid dienone is 12. The van der Waals surface area contributed by atoms with Gasteiger partial charge < -0.3 is 14.7 Å². The van der Waals surface area contributed by atoms with E-state index >= 15 is 0 Å². The number of nitrogens with zero attached hydrogens (tertiary/aromatic N) is 7. The summed E-state index contributed by atoms with van der Waals surface area (Å²) in [5.74, 6) is 0.321. The van der Waals surface area contributed by atoms with Crippen molar-refractivity contribution in [2.75, 3.05) is 7.05 Å². The Morgan fingerprint density at radius 3 is 1.68 bits per heavy atom. The molecule has 0 spiro atoms. The standard InChI is InChI=1S/C35H23N7O2/c1-40-29(23-38)33(25-13-6-4-7-14-25)27(21-36)17-10-11-20-32-42(3)31(35(43)44-32)19-12-18-28(22-37)34(30(24-39)41-2)26-15-8-5-9-16-26/h4-20,31,35,43H,3H3/b11-10?,19-12+,27-17?,28-18+,32-20?,33-29?,34-30-. The Balaban J connectivity index is 1.86. The summed E-state index contributed by atoms with van der Waals surface area (Å²) >= 11 is 0. The molecule has 1 heterocycles. The summed E-state index contributed by atoms with van der Waals surface area (Å²) in [6, 6.07) is 24.6. The Kier molecular flexibility index (Phi) is 11.4. The highest BCUT2D eigenvalue weighted by molar-refractivity contribution is 5.89. The number of nitriles is 4. The van der Waals surface area contributed by atoms with Crippen LogP contribution in [0.5, 0.6) is 0 Å². The van der Waals surface area contributed by atoms with Crippen LogP contribution in [0.15, 0.2) is 132 Å². The lowest BCUT2D eigenvalue weighted by Gasteiger charge is -2.16. The molecule has 44 heavy (non-hydrogen) atoms. The molecule has 2 aromatic carbocycles. The van der Waals surface area contributed by atoms with Crippen molar-refractivity contribution in [1.29, 1.82) is 21.0 Å². The largest absolute Gasteiger partial charge is 0.447 e. The van der Waals surface area contributed by atoms with Crippen molar-refractivity contribution in [3.63, 3.8) is 0 Å². The molecule has 0 radical (unpaired) electrons. The Labute approximate surface area is 255 Å². The fraction of sp³-hybridized carbons (Fsp3) is 0.0857. The third-order valence-electron chi connectivity index (χ3n) is 6.33. The highest BCUT2D eigenvalue weighted by Crippen LogP contribution is 2.29. The van der Waals surface area contributed by atoms with Gasteiger partial charge in [-0.05, 0) is 29.4 Å². The van der Waals surface area contributed by atoms with Crippen molar-refractivity contribution in [3.05, 3.63) is 166 Å². The van der Waals surface area contributed by atoms with Crippen LogP contribution in [-0.4, -0.2) is 29.4 Å². The number of aliphatic hydroxyl groups excluding tert-OH is 1. The highest BCUT2D eigenvalue weighted by atomic mass is 16.6. The topological polar surface area (TPSA) is 137 Å². The first kappa shape index (κ1) is 31.6. The van der Waals surface area contributed by atoms with Gasteiger partial charge in [-0.25, -0.2) is 20.2 Å². The molecule has 1 N–H and O–H groups in total. The fourth-order valence-corrected chi connectivity index (χ4v) is 4.23. The molecule has 0 amide bonds. The maximum Gasteiger partial charge on any atom is 0.270 e. The molecular weight excluding hydrogens is 550 g/mol. The van der Waals surface area contributed by atoms with Crippen molar-refractivity contribution < 1.29 is 9.84 Å². The SMILES string of the molecule is [C-]#[N+]C(C#N)=C(C(C#N)=CC=CC=C1OC(O)C(/C=C/C=C(C#N)/C(=C(/C#N)[N+]#[C-])c2ccccc2)N1C)c1ccccc1. The predicted octanol–water partition coefficient (Wildman–Crippen LogP) is 6.20. The summed E-state index contributed by atoms with van der Waals surface area (Å²) in [6.45, 7) is 14.7. The quantitative estimate of drug-likeness (QED) is 0.226. The Hall–Kier alpha value is -6.88. The van der Waals surface area contributed by atoms with Crippen molar-refractivity contribution in [2.24, 2.45) is 0 Å². The van der Waals surface area contributed by atoms with E-state index in [0.717, 1.165) is 0 Å². The van der Waals surface area contributed by atoms with E-state index in [1.165, 1.54) is 12.2 Å². The van der Waals surface area contributed by atoms with Gasteiger partial charge >= 0.3 is 0 Å². The molecule has 0 saturated carbocycles. The number of benzene rings is 2. The van der Waals surface area contributed by atoms with Crippen LogP contribution in [0.3, 0.4) is 0 Å². The highest BCUT2D eigenvalue weighted by Gasteiger charge is 2.33. The summed E-state index contributed by atoms with van der Waals surface area (Å²) in [7, 11) is 1.70. The smallest absolute Gasteiger partial charge is 0.270 e. The monoisotopic (exact) mass is 573 g/mol. The fourth-order valence-electron chi connectivity index (χ4n) is 4.23. The molecule has 2 atom stereocenters. The molecule has 210 valence electrons. The van der Waals surface area contributed by atoms with Gasteiger partial charge in [-0.15, -0.1) is 0 Å². The summed E-state index contributed by atoms with van der Waals surface area (Å²) in [4.78, 5) is 8.23. The first-order chi connectivity index (χ1) is 21.4. The van der Waals surface area contributed by atoms with Gasteiger partial charge in [-0.1, -0.05) is 85.0 Å². The van der Waals surface area contributed by atoms with Crippen LogP contribution in [0, 0.1) is 58.5 Å². The maximum absolute atomic E-state index is 10.5. The summed E-state index contributed by atoms with van der Waals surface area (Å²) in [5, 5.41) is 49.0. The number of rotatable bonds is 8. The summed E-state index contributed by atoms with van der Waals surface area (Å²) < 4.78 is 5.57. The molecular formula is C35H23N7O2. The molecule has 9 nitrogen and oxygen atoms in total. The van der Waals surface area contributed by atoms with Crippen molar-refractivity contribution >= 4 is 11.1 Å². The predicted molar refractivity (Wildman–Crippen MR) is 164 cm³/mol. The number of likely N-dealkylation sites (N-methyl/N-ethyl adjacent to an activating group) is 1. The minimum absolute atomic E-state index is 0.108. The first-order valence-corrected chi connectivity index (χ1v) is 12.9. The molecule has 2 unspecified atom stereocenters. The van der Waals surface area contributed by atoms with Crippen molar-refractivity contribution in [3.8, 4) is 24.3 Å². The lowest BCUT2D eigenvalue weighted by atomic mass is 9.96. The molecule has 1 aliphatic rings. The average molecular weight is 574 g/mol. The van der Waals surface area contributed by atoms with E-state index in [2.05, 4.69) is 21.8 Å². The van der Waals surface area contributed by atoms with Gasteiger partial charge in [0.1, 0.15) is 6.04 Å². The molecule has 1 aliphatic heterocycles. The molecule has 1 fully saturated rings. The van der Waals surface area contributed by atoms with Crippen LogP contribution in [0.2, 0.25) is 0 Å². The lowest BCUT2D eigenvalue weighted by Crippen LogP contribution is -2.29. The van der Waals surface area contributed by atoms with Crippen molar-refractivity contribution in [1.82, 2.24) is 4.90 Å². The van der Waals surface area contributed by atoms with Gasteiger partial charge in [0.25, 0.3) is 11.4 Å². The second kappa shape index (κ2) is 15.8. The Morgan fingerprint density at radius 2 is 1.25 bits per heavy atom. The zero-order chi connectivity index (χ0) is 31.9. The molecule has 0 bridgehead atoms. The summed E-state index contributed by atoms with van der Waals surface area (Å²) in [5.41, 5.74) is 1.38. The molecule has 0 aromatic heterocycles. The minimum Gasteiger partial charge on any atom is -0.447 e. The van der Waals surface area contributed by atoms with E-state index in [4.69, 9.17) is 17.9 Å². The second-order valence-electron chi connectivity index (χ2n) is 8.90. The van der Waals surface area contributed by atoms with Crippen LogP contribution in [0.1, 0.15) is 11.1 Å². The van der Waals surface area contributed by atoms with Crippen molar-refractivity contribution in [2.45, 2.75) is 12.3 Å². The zero-order valence-corrected chi connectivity index (χ0v) is 23.5. The molecule has 9 heteroatoms. The van der Waals surface area contributed by atoms with E-state index in [0.29, 0.717) is 17.0 Å². The number of ether oxygens (including phenoxy) is 1. The summed E-state index contributed by atoms with van der Waals surface area (Å²) in [6.07, 6.45) is 9.62. The van der Waals surface area contributed by atoms with Gasteiger partial charge in [-0.2, -0.15) is 10.5 Å². The van der Waals surface area contributed by atoms with E-state index in [1.807, 2.05) is 12.1 Å². The Morgan fingerprint density at radius 1 is 0.773 bits per heavy atom. The van der Waals surface area contributed by atoms with Gasteiger partial charge in [-0.3, -0.25) is 0 Å². The molecule has 2 aromatic rings. The number of hydrogen-bond donors (Lipinski definition) is 1. The molecule has 3 rings (SSSR count). The average Bonchev–Trinajstić information content (AvgIpc) is 3.33. The van der Waals surface area contributed by atoms with E-state index in [9.17, 15) is 26.2 Å². The minimum atomic E-state index is -1.23. The molecule has 0 aliphatic carbocycles. The van der Waals surface area contributed by atoms with E-state index in [1.54, 1.807) is 103 Å². The van der Waals surface area contributed by atoms with Gasteiger partial charge in [0, 0.05) is 18.2 Å². The van der Waals surface area contributed by atoms with Crippen LogP contribution >= 0.6 is 0 Å². The Bertz CT molecular complexity index is 1840. The third kappa shape index (κ3) is 7.44. The normalized spacial score (nSPS) is 18.6. The van der Waals surface area contributed by atoms with Crippen LogP contribution in [0.4, 0.5) is 0 Å². The van der Waals surface area contributed by atoms with Gasteiger partial charge in [0.05, 0.1) is 48.6 Å². The van der Waals surface area contributed by atoms with Gasteiger partial charge in [0.2, 0.25) is 6.29 Å². The lowest BCUT2D eigenvalue weighted by molar-refractivity contribution is -0.0383. The zero-order valence-electron chi connectivity index (χ0n) is 23.5. The van der Waals surface area contributed by atoms with Gasteiger partial charge in [0.15, 0.2) is 5.88 Å². The molecule has 1 saturated heterocycles. The second-order valence-corrected chi connectivity index (χ2v) is 8.90. The first-order valence-electron chi connectivity index (χ1n) is 12.9. The maximum atomic E-state index is 10.5. The number of hydrogen-bond acceptors (Lipinski definition) is 7. The van der Waals surface area contributed by atoms with Crippen LogP contribution < -0.4 is 0 Å². The number of aliphatic hydroxyl groups is 1. The van der Waals surface area contributed by atoms with Crippen LogP contribution in [0.25, 0.3) is 20.8 Å². The van der Waals surface area contributed by atoms with E-state index < -0.39 is 12.3 Å². The van der Waals surface area contributed by atoms with Crippen LogP contribution in [-0.2, 0) is 4.74 Å². The third-order valence-corrected chi connectivity index (χ3v) is 6.33.